The molecule has 3 aromatic rings. The molecule has 2 nitrogen and oxygen atoms in total. The van der Waals surface area contributed by atoms with E-state index in [0.717, 1.165) is 12.1 Å². The number of thiophene rings is 1. The molecule has 0 fully saturated rings. The number of fused-ring (bicyclic) bond motifs is 1. The topological polar surface area (TPSA) is 24.9 Å². The molecule has 0 aliphatic carbocycles. The molecule has 2 atom stereocenters. The molecule has 2 unspecified atom stereocenters. The summed E-state index contributed by atoms with van der Waals surface area (Å²) >= 11 is 1.75. The van der Waals surface area contributed by atoms with Crippen LogP contribution in [0.2, 0.25) is 0 Å². The van der Waals surface area contributed by atoms with Gasteiger partial charge in [-0.2, -0.15) is 0 Å². The van der Waals surface area contributed by atoms with E-state index in [2.05, 4.69) is 72.0 Å². The number of nitrogens with zero attached hydrogens (tertiary/aromatic N) is 1. The third-order valence-corrected chi connectivity index (χ3v) is 4.78. The summed E-state index contributed by atoms with van der Waals surface area (Å²) in [7, 11) is 0. The number of hydrogen-bond acceptors (Lipinski definition) is 3. The highest BCUT2D eigenvalue weighted by molar-refractivity contribution is 7.17. The quantitative estimate of drug-likeness (QED) is 0.735. The van der Waals surface area contributed by atoms with Crippen LogP contribution in [0.5, 0.6) is 0 Å². The van der Waals surface area contributed by atoms with Gasteiger partial charge in [0.05, 0.1) is 10.2 Å². The van der Waals surface area contributed by atoms with Crippen LogP contribution in [-0.2, 0) is 0 Å². The fraction of sp³-hybridized carbons (Fsp3) is 0.278. The molecule has 3 rings (SSSR count). The highest BCUT2D eigenvalue weighted by Crippen LogP contribution is 2.23. The first-order valence-electron chi connectivity index (χ1n) is 7.35. The Morgan fingerprint density at radius 2 is 1.90 bits per heavy atom. The molecule has 0 saturated carbocycles. The maximum atomic E-state index is 4.52. The Hall–Kier alpha value is -1.71. The van der Waals surface area contributed by atoms with Gasteiger partial charge in [0, 0.05) is 18.8 Å². The van der Waals surface area contributed by atoms with Crippen molar-refractivity contribution in [1.29, 1.82) is 0 Å². The van der Waals surface area contributed by atoms with Gasteiger partial charge < -0.3 is 5.32 Å². The monoisotopic (exact) mass is 296 g/mol. The Morgan fingerprint density at radius 1 is 1.10 bits per heavy atom. The maximum Gasteiger partial charge on any atom is 0.0809 e. The van der Waals surface area contributed by atoms with Crippen molar-refractivity contribution in [2.75, 3.05) is 6.54 Å². The van der Waals surface area contributed by atoms with Crippen molar-refractivity contribution < 1.29 is 0 Å². The van der Waals surface area contributed by atoms with E-state index >= 15 is 0 Å². The van der Waals surface area contributed by atoms with Crippen molar-refractivity contribution in [3.8, 4) is 0 Å². The summed E-state index contributed by atoms with van der Waals surface area (Å²) in [5.74, 6) is 0.507. The molecule has 108 valence electrons. The molecule has 0 bridgehead atoms. The lowest BCUT2D eigenvalue weighted by Gasteiger charge is -2.18. The Morgan fingerprint density at radius 3 is 2.71 bits per heavy atom. The van der Waals surface area contributed by atoms with Gasteiger partial charge in [-0.3, -0.25) is 4.98 Å². The van der Waals surface area contributed by atoms with Gasteiger partial charge in [-0.05, 0) is 41.5 Å². The van der Waals surface area contributed by atoms with Crippen molar-refractivity contribution in [2.45, 2.75) is 25.8 Å². The predicted octanol–water partition coefficient (Wildman–Crippen LogP) is 4.75. The van der Waals surface area contributed by atoms with E-state index in [0.29, 0.717) is 12.0 Å². The first-order valence-corrected chi connectivity index (χ1v) is 8.23. The SMILES string of the molecule is CC(CNC(C)c1cnc2ccsc2c1)c1ccccc1. The summed E-state index contributed by atoms with van der Waals surface area (Å²) in [5, 5.41) is 5.71. The molecule has 1 aromatic carbocycles. The Balaban J connectivity index is 1.64. The standard InChI is InChI=1S/C18H20N2S/c1-13(15-6-4-3-5-7-15)11-19-14(2)16-10-18-17(20-12-16)8-9-21-18/h3-10,12-14,19H,11H2,1-2H3. The lowest BCUT2D eigenvalue weighted by atomic mass is 10.0. The minimum atomic E-state index is 0.315. The van der Waals surface area contributed by atoms with Crippen molar-refractivity contribution in [3.05, 3.63) is 65.2 Å². The van der Waals surface area contributed by atoms with E-state index in [1.165, 1.54) is 15.8 Å². The van der Waals surface area contributed by atoms with Crippen molar-refractivity contribution in [1.82, 2.24) is 10.3 Å². The number of rotatable bonds is 5. The molecular formula is C18H20N2S. The normalized spacial score (nSPS) is 14.2. The van der Waals surface area contributed by atoms with Gasteiger partial charge in [0.15, 0.2) is 0 Å². The van der Waals surface area contributed by atoms with Crippen LogP contribution in [0.3, 0.4) is 0 Å². The molecule has 3 heteroatoms. The zero-order chi connectivity index (χ0) is 14.7. The molecule has 0 aliphatic heterocycles. The van der Waals surface area contributed by atoms with Crippen LogP contribution in [0.4, 0.5) is 0 Å². The van der Waals surface area contributed by atoms with Crippen LogP contribution in [0.15, 0.2) is 54.0 Å². The van der Waals surface area contributed by atoms with Gasteiger partial charge in [-0.15, -0.1) is 11.3 Å². The van der Waals surface area contributed by atoms with Gasteiger partial charge in [0.25, 0.3) is 0 Å². The van der Waals surface area contributed by atoms with Crippen molar-refractivity contribution in [3.63, 3.8) is 0 Å². The summed E-state index contributed by atoms with van der Waals surface area (Å²) in [6, 6.07) is 15.3. The summed E-state index contributed by atoms with van der Waals surface area (Å²) in [6.45, 7) is 5.43. The third-order valence-electron chi connectivity index (χ3n) is 3.92. The molecule has 2 heterocycles. The number of nitrogens with one attached hydrogen (secondary N) is 1. The van der Waals surface area contributed by atoms with Gasteiger partial charge in [-0.1, -0.05) is 37.3 Å². The molecule has 0 saturated heterocycles. The maximum absolute atomic E-state index is 4.52. The first kappa shape index (κ1) is 14.2. The minimum Gasteiger partial charge on any atom is -0.310 e. The van der Waals surface area contributed by atoms with Crippen LogP contribution in [-0.4, -0.2) is 11.5 Å². The van der Waals surface area contributed by atoms with Gasteiger partial charge in [-0.25, -0.2) is 0 Å². The highest BCUT2D eigenvalue weighted by Gasteiger charge is 2.10. The summed E-state index contributed by atoms with van der Waals surface area (Å²) in [6.07, 6.45) is 1.99. The summed E-state index contributed by atoms with van der Waals surface area (Å²) in [4.78, 5) is 4.52. The molecular weight excluding hydrogens is 276 g/mol. The smallest absolute Gasteiger partial charge is 0.0809 e. The van der Waals surface area contributed by atoms with E-state index in [9.17, 15) is 0 Å². The fourth-order valence-electron chi connectivity index (χ4n) is 2.47. The average Bonchev–Trinajstić information content (AvgIpc) is 3.00. The van der Waals surface area contributed by atoms with Gasteiger partial charge >= 0.3 is 0 Å². The van der Waals surface area contributed by atoms with E-state index in [-0.39, 0.29) is 0 Å². The molecule has 0 spiro atoms. The molecule has 1 N–H and O–H groups in total. The van der Waals surface area contributed by atoms with Crippen LogP contribution < -0.4 is 5.32 Å². The van der Waals surface area contributed by atoms with Crippen LogP contribution in [0, 0.1) is 0 Å². The Labute approximate surface area is 129 Å². The summed E-state index contributed by atoms with van der Waals surface area (Å²) in [5.41, 5.74) is 3.72. The fourth-order valence-corrected chi connectivity index (χ4v) is 3.26. The van der Waals surface area contributed by atoms with E-state index < -0.39 is 0 Å². The number of hydrogen-bond donors (Lipinski definition) is 1. The van der Waals surface area contributed by atoms with Crippen LogP contribution in [0.25, 0.3) is 10.2 Å². The lowest BCUT2D eigenvalue weighted by Crippen LogP contribution is -2.23. The second-order valence-electron chi connectivity index (χ2n) is 5.51. The second-order valence-corrected chi connectivity index (χ2v) is 6.46. The number of benzene rings is 1. The predicted molar refractivity (Wildman–Crippen MR) is 90.9 cm³/mol. The third kappa shape index (κ3) is 3.31. The van der Waals surface area contributed by atoms with Gasteiger partial charge in [0.2, 0.25) is 0 Å². The van der Waals surface area contributed by atoms with E-state index in [1.807, 2.05) is 6.20 Å². The van der Waals surface area contributed by atoms with Crippen LogP contribution in [0.1, 0.15) is 36.9 Å². The Bertz CT molecular complexity index is 705. The van der Waals surface area contributed by atoms with E-state index in [4.69, 9.17) is 0 Å². The number of aromatic nitrogens is 1. The van der Waals surface area contributed by atoms with E-state index in [1.54, 1.807) is 11.3 Å². The number of pyridine rings is 1. The first-order chi connectivity index (χ1) is 10.2. The molecule has 21 heavy (non-hydrogen) atoms. The average molecular weight is 296 g/mol. The second kappa shape index (κ2) is 6.37. The lowest BCUT2D eigenvalue weighted by molar-refractivity contribution is 0.536. The van der Waals surface area contributed by atoms with Crippen molar-refractivity contribution >= 4 is 21.6 Å². The zero-order valence-corrected chi connectivity index (χ0v) is 13.2. The molecule has 0 amide bonds. The van der Waals surface area contributed by atoms with Gasteiger partial charge in [0.1, 0.15) is 0 Å². The largest absolute Gasteiger partial charge is 0.310 e. The molecule has 2 aromatic heterocycles. The summed E-state index contributed by atoms with van der Waals surface area (Å²) < 4.78 is 1.26. The van der Waals surface area contributed by atoms with Crippen LogP contribution >= 0.6 is 11.3 Å². The Kier molecular flexibility index (Phi) is 4.32. The molecule has 0 radical (unpaired) electrons. The zero-order valence-electron chi connectivity index (χ0n) is 12.4. The highest BCUT2D eigenvalue weighted by atomic mass is 32.1. The minimum absolute atomic E-state index is 0.315. The molecule has 0 aliphatic rings. The van der Waals surface area contributed by atoms with Crippen molar-refractivity contribution in [2.24, 2.45) is 0 Å².